The summed E-state index contributed by atoms with van der Waals surface area (Å²) in [5, 5.41) is 8.83. The third-order valence-electron chi connectivity index (χ3n) is 4.09. The molecule has 0 atom stereocenters. The predicted octanol–water partition coefficient (Wildman–Crippen LogP) is 3.22. The van der Waals surface area contributed by atoms with Gasteiger partial charge in [-0.1, -0.05) is 6.07 Å². The van der Waals surface area contributed by atoms with Gasteiger partial charge in [0.2, 0.25) is 21.9 Å². The van der Waals surface area contributed by atoms with E-state index in [1.54, 1.807) is 48.7 Å². The Kier molecular flexibility index (Phi) is 4.46. The summed E-state index contributed by atoms with van der Waals surface area (Å²) in [6, 6.07) is 14.6. The Morgan fingerprint density at radius 3 is 2.50 bits per heavy atom. The average molecular weight is 395 g/mol. The van der Waals surface area contributed by atoms with E-state index in [0.29, 0.717) is 28.3 Å². The number of sulfonamides is 1. The number of fused-ring (bicyclic) bond motifs is 1. The zero-order valence-electron chi connectivity index (χ0n) is 14.4. The molecule has 2 heterocycles. The molecule has 7 nitrogen and oxygen atoms in total. The van der Waals surface area contributed by atoms with Crippen LogP contribution in [-0.4, -0.2) is 23.4 Å². The molecule has 0 bridgehead atoms. The Morgan fingerprint density at radius 1 is 1.00 bits per heavy atom. The van der Waals surface area contributed by atoms with Crippen molar-refractivity contribution in [2.45, 2.75) is 4.90 Å². The van der Waals surface area contributed by atoms with E-state index in [1.165, 1.54) is 18.3 Å². The molecule has 0 aliphatic rings. The molecule has 0 aliphatic carbocycles. The van der Waals surface area contributed by atoms with Gasteiger partial charge in [0, 0.05) is 29.0 Å². The van der Waals surface area contributed by atoms with E-state index in [-0.39, 0.29) is 4.90 Å². The Morgan fingerprint density at radius 2 is 1.79 bits per heavy atom. The maximum Gasteiger partial charge on any atom is 0.238 e. The minimum absolute atomic E-state index is 0.0210. The predicted molar refractivity (Wildman–Crippen MR) is 104 cm³/mol. The van der Waals surface area contributed by atoms with Crippen LogP contribution in [0.5, 0.6) is 0 Å². The fourth-order valence-corrected chi connectivity index (χ4v) is 3.24. The van der Waals surface area contributed by atoms with Gasteiger partial charge in [-0.15, -0.1) is 0 Å². The largest absolute Gasteiger partial charge is 0.324 e. The van der Waals surface area contributed by atoms with Gasteiger partial charge in [0.1, 0.15) is 0 Å². The van der Waals surface area contributed by atoms with Gasteiger partial charge >= 0.3 is 0 Å². The van der Waals surface area contributed by atoms with Crippen molar-refractivity contribution >= 4 is 32.6 Å². The van der Waals surface area contributed by atoms with E-state index in [1.807, 2.05) is 0 Å². The van der Waals surface area contributed by atoms with Crippen molar-refractivity contribution < 1.29 is 12.8 Å². The van der Waals surface area contributed by atoms with E-state index >= 15 is 0 Å². The molecule has 0 saturated heterocycles. The summed E-state index contributed by atoms with van der Waals surface area (Å²) < 4.78 is 36.5. The summed E-state index contributed by atoms with van der Waals surface area (Å²) in [7, 11) is -3.74. The van der Waals surface area contributed by atoms with Gasteiger partial charge in [0.15, 0.2) is 0 Å². The number of nitrogens with zero attached hydrogens (tertiary/aromatic N) is 3. The Labute approximate surface area is 160 Å². The Hall–Kier alpha value is -3.43. The van der Waals surface area contributed by atoms with Gasteiger partial charge in [-0.25, -0.2) is 28.5 Å². The number of rotatable bonds is 4. The molecule has 0 aliphatic heterocycles. The van der Waals surface area contributed by atoms with Gasteiger partial charge in [-0.3, -0.25) is 0 Å². The van der Waals surface area contributed by atoms with Gasteiger partial charge in [0.05, 0.1) is 10.4 Å². The molecular formula is C19H14FN5O2S. The first-order valence-corrected chi connectivity index (χ1v) is 9.72. The number of hydrogen-bond donors (Lipinski definition) is 2. The monoisotopic (exact) mass is 395 g/mol. The molecule has 0 amide bonds. The zero-order valence-corrected chi connectivity index (χ0v) is 15.2. The molecule has 0 unspecified atom stereocenters. The van der Waals surface area contributed by atoms with Crippen LogP contribution >= 0.6 is 0 Å². The molecule has 0 saturated carbocycles. The van der Waals surface area contributed by atoms with Crippen LogP contribution < -0.4 is 10.5 Å². The van der Waals surface area contributed by atoms with Crippen LogP contribution in [0.1, 0.15) is 0 Å². The number of halogens is 1. The zero-order chi connectivity index (χ0) is 19.7. The first-order chi connectivity index (χ1) is 13.4. The highest BCUT2D eigenvalue weighted by molar-refractivity contribution is 7.89. The topological polar surface area (TPSA) is 111 Å². The summed E-state index contributed by atoms with van der Waals surface area (Å²) in [5.41, 5.74) is 2.37. The molecule has 2 aromatic heterocycles. The maximum absolute atomic E-state index is 13.9. The number of hydrogen-bond acceptors (Lipinski definition) is 6. The second-order valence-electron chi connectivity index (χ2n) is 6.00. The molecule has 0 fully saturated rings. The van der Waals surface area contributed by atoms with E-state index in [9.17, 15) is 12.8 Å². The molecule has 3 N–H and O–H groups in total. The molecule has 4 rings (SSSR count). The van der Waals surface area contributed by atoms with Crippen LogP contribution in [0, 0.1) is 5.95 Å². The highest BCUT2D eigenvalue weighted by Crippen LogP contribution is 2.25. The average Bonchev–Trinajstić information content (AvgIpc) is 2.68. The van der Waals surface area contributed by atoms with Gasteiger partial charge < -0.3 is 5.32 Å². The normalized spacial score (nSPS) is 11.5. The number of aromatic nitrogens is 3. The first-order valence-electron chi connectivity index (χ1n) is 8.18. The fourth-order valence-electron chi connectivity index (χ4n) is 2.72. The molecule has 28 heavy (non-hydrogen) atoms. The Balaban J connectivity index is 1.62. The van der Waals surface area contributed by atoms with Gasteiger partial charge in [-0.05, 0) is 54.1 Å². The third kappa shape index (κ3) is 3.66. The van der Waals surface area contributed by atoms with E-state index in [0.717, 1.165) is 5.39 Å². The molecule has 9 heteroatoms. The minimum atomic E-state index is -3.74. The summed E-state index contributed by atoms with van der Waals surface area (Å²) >= 11 is 0. The minimum Gasteiger partial charge on any atom is -0.324 e. The van der Waals surface area contributed by atoms with E-state index in [4.69, 9.17) is 5.14 Å². The number of anilines is 2. The maximum atomic E-state index is 13.9. The van der Waals surface area contributed by atoms with E-state index in [2.05, 4.69) is 20.3 Å². The molecular weight excluding hydrogens is 381 g/mol. The molecule has 140 valence electrons. The lowest BCUT2D eigenvalue weighted by Crippen LogP contribution is -2.11. The smallest absolute Gasteiger partial charge is 0.238 e. The van der Waals surface area contributed by atoms with Crippen molar-refractivity contribution in [3.63, 3.8) is 0 Å². The second kappa shape index (κ2) is 6.95. The molecule has 0 spiro atoms. The number of primary sulfonamides is 1. The number of pyridine rings is 1. The molecule has 0 radical (unpaired) electrons. The quantitative estimate of drug-likeness (QED) is 0.513. The lowest BCUT2D eigenvalue weighted by molar-refractivity contribution is 0.587. The van der Waals surface area contributed by atoms with Gasteiger partial charge in [-0.2, -0.15) is 4.39 Å². The van der Waals surface area contributed by atoms with Crippen molar-refractivity contribution in [1.82, 2.24) is 15.0 Å². The SMILES string of the molecule is NS(=O)(=O)c1ccc(Nc2ncc3cc(-c4cccnc4F)ccc3n2)cc1. The summed E-state index contributed by atoms with van der Waals surface area (Å²) in [6.45, 7) is 0. The lowest BCUT2D eigenvalue weighted by Gasteiger charge is -2.08. The van der Waals surface area contributed by atoms with Crippen LogP contribution in [-0.2, 0) is 10.0 Å². The molecule has 2 aromatic carbocycles. The summed E-state index contributed by atoms with van der Waals surface area (Å²) in [5.74, 6) is -0.194. The van der Waals surface area contributed by atoms with Crippen molar-refractivity contribution in [3.05, 3.63) is 72.9 Å². The number of nitrogens with one attached hydrogen (secondary N) is 1. The standard InChI is InChI=1S/C19H14FN5O2S/c20-18-16(2-1-9-22-18)12-3-8-17-13(10-12)11-23-19(25-17)24-14-4-6-15(7-5-14)28(21,26)27/h1-11H,(H2,21,26,27)(H,23,24,25). The van der Waals surface area contributed by atoms with E-state index < -0.39 is 16.0 Å². The highest BCUT2D eigenvalue weighted by atomic mass is 32.2. The number of benzene rings is 2. The lowest BCUT2D eigenvalue weighted by atomic mass is 10.1. The van der Waals surface area contributed by atoms with Gasteiger partial charge in [0.25, 0.3) is 0 Å². The second-order valence-corrected chi connectivity index (χ2v) is 7.56. The van der Waals surface area contributed by atoms with Crippen LogP contribution in [0.4, 0.5) is 16.0 Å². The van der Waals surface area contributed by atoms with Crippen LogP contribution in [0.25, 0.3) is 22.0 Å². The Bertz CT molecular complexity index is 1280. The van der Waals surface area contributed by atoms with Crippen molar-refractivity contribution in [3.8, 4) is 11.1 Å². The van der Waals surface area contributed by atoms with Crippen LogP contribution in [0.3, 0.4) is 0 Å². The highest BCUT2D eigenvalue weighted by Gasteiger charge is 2.09. The third-order valence-corrected chi connectivity index (χ3v) is 5.02. The fraction of sp³-hybridized carbons (Fsp3) is 0. The van der Waals surface area contributed by atoms with Crippen molar-refractivity contribution in [2.24, 2.45) is 5.14 Å². The number of nitrogens with two attached hydrogens (primary N) is 1. The van der Waals surface area contributed by atoms with Crippen LogP contribution in [0.2, 0.25) is 0 Å². The first kappa shape index (κ1) is 18.0. The summed E-state index contributed by atoms with van der Waals surface area (Å²) in [6.07, 6.45) is 3.03. The van der Waals surface area contributed by atoms with Crippen molar-refractivity contribution in [2.75, 3.05) is 5.32 Å². The molecule has 4 aromatic rings. The summed E-state index contributed by atoms with van der Waals surface area (Å²) in [4.78, 5) is 12.4. The van der Waals surface area contributed by atoms with Crippen molar-refractivity contribution in [1.29, 1.82) is 0 Å². The van der Waals surface area contributed by atoms with Crippen LogP contribution in [0.15, 0.2) is 71.9 Å².